The van der Waals surface area contributed by atoms with Gasteiger partial charge in [-0.2, -0.15) is 13.2 Å². The van der Waals surface area contributed by atoms with E-state index in [1.165, 1.54) is 35.9 Å². The van der Waals surface area contributed by atoms with Gasteiger partial charge in [-0.3, -0.25) is 9.78 Å². The first-order valence-corrected chi connectivity index (χ1v) is 12.9. The summed E-state index contributed by atoms with van der Waals surface area (Å²) in [6.07, 6.45) is 0.0226. The van der Waals surface area contributed by atoms with Crippen LogP contribution in [0.15, 0.2) is 76.4 Å². The number of ether oxygens (including phenoxy) is 1. The molecule has 39 heavy (non-hydrogen) atoms. The van der Waals surface area contributed by atoms with Gasteiger partial charge in [0, 0.05) is 38.3 Å². The van der Waals surface area contributed by atoms with Gasteiger partial charge in [-0.25, -0.2) is 4.68 Å². The highest BCUT2D eigenvalue weighted by Gasteiger charge is 2.35. The first-order valence-electron chi connectivity index (χ1n) is 11.7. The van der Waals surface area contributed by atoms with Gasteiger partial charge in [0.2, 0.25) is 0 Å². The van der Waals surface area contributed by atoms with Crippen LogP contribution in [0.1, 0.15) is 30.8 Å². The Hall–Kier alpha value is -3.70. The first kappa shape index (κ1) is 26.9. The zero-order valence-corrected chi connectivity index (χ0v) is 22.9. The van der Waals surface area contributed by atoms with Gasteiger partial charge in [-0.05, 0) is 48.2 Å². The molecule has 0 radical (unpaired) electrons. The van der Waals surface area contributed by atoms with Crippen molar-refractivity contribution < 1.29 is 17.9 Å². The van der Waals surface area contributed by atoms with Gasteiger partial charge in [0.05, 0.1) is 36.9 Å². The van der Waals surface area contributed by atoms with Crippen molar-refractivity contribution >= 4 is 38.3 Å². The maximum atomic E-state index is 13.5. The van der Waals surface area contributed by atoms with Gasteiger partial charge < -0.3 is 9.30 Å². The smallest absolute Gasteiger partial charge is 0.436 e. The summed E-state index contributed by atoms with van der Waals surface area (Å²) in [4.78, 5) is 18.1. The molecule has 3 aromatic heterocycles. The van der Waals surface area contributed by atoms with Crippen LogP contribution in [0, 0.1) is 0 Å². The second-order valence-electron chi connectivity index (χ2n) is 8.73. The molecule has 0 aliphatic carbocycles. The Morgan fingerprint density at radius 3 is 2.54 bits per heavy atom. The van der Waals surface area contributed by atoms with Crippen molar-refractivity contribution in [1.82, 2.24) is 24.5 Å². The summed E-state index contributed by atoms with van der Waals surface area (Å²) >= 11 is 9.71. The number of rotatable bonds is 6. The number of pyridine rings is 2. The lowest BCUT2D eigenvalue weighted by Gasteiger charge is -2.21. The maximum Gasteiger partial charge on any atom is 0.436 e. The molecule has 0 saturated carbocycles. The molecule has 3 heterocycles. The number of nitrogens with zero attached hydrogens (tertiary/aromatic N) is 5. The highest BCUT2D eigenvalue weighted by Crippen LogP contribution is 2.37. The van der Waals surface area contributed by atoms with Gasteiger partial charge in [-0.15, -0.1) is 5.10 Å². The highest BCUT2D eigenvalue weighted by atomic mass is 79.9. The first-order chi connectivity index (χ1) is 18.6. The molecule has 1 atom stereocenters. The number of hydrogen-bond donors (Lipinski definition) is 0. The van der Waals surface area contributed by atoms with Gasteiger partial charge in [-0.1, -0.05) is 45.7 Å². The van der Waals surface area contributed by atoms with E-state index < -0.39 is 17.9 Å². The van der Waals surface area contributed by atoms with Crippen LogP contribution in [-0.2, 0) is 6.18 Å². The molecule has 0 bridgehead atoms. The molecule has 0 N–H and O–H groups in total. The minimum Gasteiger partial charge on any atom is -0.495 e. The van der Waals surface area contributed by atoms with Crippen LogP contribution in [0.5, 0.6) is 5.75 Å². The molecule has 0 fully saturated rings. The van der Waals surface area contributed by atoms with E-state index in [1.54, 1.807) is 12.4 Å². The lowest BCUT2D eigenvalue weighted by Crippen LogP contribution is -2.25. The van der Waals surface area contributed by atoms with Gasteiger partial charge >= 0.3 is 6.18 Å². The Labute approximate surface area is 233 Å². The van der Waals surface area contributed by atoms with Gasteiger partial charge in [0.15, 0.2) is 5.69 Å². The average Bonchev–Trinajstić information content (AvgIpc) is 3.41. The molecule has 0 amide bonds. The molecule has 0 aliphatic heterocycles. The predicted octanol–water partition coefficient (Wildman–Crippen LogP) is 7.09. The van der Waals surface area contributed by atoms with Crippen molar-refractivity contribution in [1.29, 1.82) is 0 Å². The quantitative estimate of drug-likeness (QED) is 0.203. The summed E-state index contributed by atoms with van der Waals surface area (Å²) in [7, 11) is 1.45. The molecular weight excluding hydrogens is 599 g/mol. The SMILES string of the molecule is CCC(c1cc2ccc(Br)cc2cn1)n1cc(OC)c(-c2cc(Cl)ccc2-n2cc(C(F)(F)F)nn2)cc1=O. The van der Waals surface area contributed by atoms with E-state index in [0.29, 0.717) is 34.0 Å². The predicted molar refractivity (Wildman–Crippen MR) is 145 cm³/mol. The van der Waals surface area contributed by atoms with Crippen LogP contribution >= 0.6 is 27.5 Å². The molecule has 0 aliphatic rings. The third-order valence-corrected chi connectivity index (χ3v) is 7.04. The van der Waals surface area contributed by atoms with E-state index in [1.807, 2.05) is 31.2 Å². The Morgan fingerprint density at radius 1 is 1.05 bits per heavy atom. The van der Waals surface area contributed by atoms with Crippen molar-refractivity contribution in [3.8, 4) is 22.6 Å². The van der Waals surface area contributed by atoms with Crippen molar-refractivity contribution in [3.63, 3.8) is 0 Å². The molecule has 0 saturated heterocycles. The fourth-order valence-electron chi connectivity index (χ4n) is 4.44. The topological polar surface area (TPSA) is 74.8 Å². The molecule has 0 spiro atoms. The van der Waals surface area contributed by atoms with Crippen molar-refractivity contribution in [3.05, 3.63) is 98.4 Å². The minimum absolute atomic E-state index is 0.243. The second kappa shape index (κ2) is 10.5. The summed E-state index contributed by atoms with van der Waals surface area (Å²) in [5, 5.41) is 9.13. The van der Waals surface area contributed by atoms with E-state index >= 15 is 0 Å². The van der Waals surface area contributed by atoms with E-state index in [2.05, 4.69) is 31.2 Å². The molecule has 7 nitrogen and oxygen atoms in total. The summed E-state index contributed by atoms with van der Waals surface area (Å²) < 4.78 is 48.6. The largest absolute Gasteiger partial charge is 0.495 e. The van der Waals surface area contributed by atoms with Crippen molar-refractivity contribution in [2.24, 2.45) is 0 Å². The third kappa shape index (κ3) is 5.28. The third-order valence-electron chi connectivity index (χ3n) is 6.31. The number of hydrogen-bond acceptors (Lipinski definition) is 5. The Bertz CT molecular complexity index is 1750. The second-order valence-corrected chi connectivity index (χ2v) is 10.1. The molecule has 1 unspecified atom stereocenters. The van der Waals surface area contributed by atoms with Crippen LogP contribution in [0.4, 0.5) is 13.2 Å². The van der Waals surface area contributed by atoms with Crippen molar-refractivity contribution in [2.45, 2.75) is 25.6 Å². The number of alkyl halides is 3. The summed E-state index contributed by atoms with van der Waals surface area (Å²) in [6, 6.07) is 13.4. The van der Waals surface area contributed by atoms with Crippen LogP contribution < -0.4 is 10.3 Å². The van der Waals surface area contributed by atoms with Crippen molar-refractivity contribution in [2.75, 3.05) is 7.11 Å². The summed E-state index contributed by atoms with van der Waals surface area (Å²) in [5.41, 5.74) is 0.140. The van der Waals surface area contributed by atoms with Crippen LogP contribution in [0.25, 0.3) is 27.6 Å². The lowest BCUT2D eigenvalue weighted by molar-refractivity contribution is -0.141. The monoisotopic (exact) mass is 617 g/mol. The summed E-state index contributed by atoms with van der Waals surface area (Å²) in [5.74, 6) is 0.317. The number of aromatic nitrogens is 5. The Morgan fingerprint density at radius 2 is 1.85 bits per heavy atom. The van der Waals surface area contributed by atoms with Crippen LogP contribution in [0.3, 0.4) is 0 Å². The number of methoxy groups -OCH3 is 1. The van der Waals surface area contributed by atoms with E-state index in [-0.39, 0.29) is 11.2 Å². The molecule has 12 heteroatoms. The highest BCUT2D eigenvalue weighted by molar-refractivity contribution is 9.10. The standard InChI is InChI=1S/C27H20BrClF3N5O2/c1-3-22(21-9-15-4-5-17(28)8-16(15)12-33-21)36-13-24(39-2)20(11-26(36)38)19-10-18(29)6-7-23(19)37-14-25(34-35-37)27(30,31)32/h4-14,22H,3H2,1-2H3. The number of fused-ring (bicyclic) bond motifs is 1. The fraction of sp³-hybridized carbons (Fsp3) is 0.185. The zero-order chi connectivity index (χ0) is 27.9. The minimum atomic E-state index is -4.66. The average molecular weight is 619 g/mol. The van der Waals surface area contributed by atoms with Gasteiger partial charge in [0.1, 0.15) is 5.75 Å². The zero-order valence-electron chi connectivity index (χ0n) is 20.6. The number of benzene rings is 2. The lowest BCUT2D eigenvalue weighted by atomic mass is 10.0. The molecule has 200 valence electrons. The van der Waals surface area contributed by atoms with E-state index in [9.17, 15) is 18.0 Å². The Balaban J connectivity index is 1.62. The fourth-order valence-corrected chi connectivity index (χ4v) is 4.99. The number of halogens is 5. The molecule has 2 aromatic carbocycles. The molecule has 5 rings (SSSR count). The Kier molecular flexibility index (Phi) is 7.21. The maximum absolute atomic E-state index is 13.5. The normalized spacial score (nSPS) is 12.6. The van der Waals surface area contributed by atoms with E-state index in [0.717, 1.165) is 26.1 Å². The summed E-state index contributed by atoms with van der Waals surface area (Å²) in [6.45, 7) is 1.95. The van der Waals surface area contributed by atoms with Gasteiger partial charge in [0.25, 0.3) is 5.56 Å². The van der Waals surface area contributed by atoms with E-state index in [4.69, 9.17) is 16.3 Å². The van der Waals surface area contributed by atoms with Crippen LogP contribution in [0.2, 0.25) is 5.02 Å². The molecule has 5 aromatic rings. The molecular formula is C27H20BrClF3N5O2. The van der Waals surface area contributed by atoms with Crippen LogP contribution in [-0.4, -0.2) is 31.7 Å².